The number of carbonyl (C=O) groups is 2. The van der Waals surface area contributed by atoms with Crippen LogP contribution in [0.5, 0.6) is 0 Å². The predicted molar refractivity (Wildman–Crippen MR) is 131 cm³/mol. The molecule has 0 atom stereocenters. The Labute approximate surface area is 193 Å². The van der Waals surface area contributed by atoms with Crippen molar-refractivity contribution in [1.29, 1.82) is 0 Å². The highest BCUT2D eigenvalue weighted by Crippen LogP contribution is 2.31. The molecule has 5 nitrogen and oxygen atoms in total. The molecule has 0 spiro atoms. The van der Waals surface area contributed by atoms with E-state index in [-0.39, 0.29) is 17.7 Å². The van der Waals surface area contributed by atoms with E-state index < -0.39 is 0 Å². The fourth-order valence-electron chi connectivity index (χ4n) is 4.16. The van der Waals surface area contributed by atoms with E-state index in [1.54, 1.807) is 0 Å². The lowest BCUT2D eigenvalue weighted by Crippen LogP contribution is -2.25. The van der Waals surface area contributed by atoms with Crippen LogP contribution in [0, 0.1) is 12.8 Å². The van der Waals surface area contributed by atoms with Gasteiger partial charge in [-0.15, -0.1) is 0 Å². The van der Waals surface area contributed by atoms with Crippen molar-refractivity contribution in [2.24, 2.45) is 5.92 Å². The summed E-state index contributed by atoms with van der Waals surface area (Å²) >= 11 is 0. The first kappa shape index (κ1) is 21.0. The number of rotatable bonds is 7. The van der Waals surface area contributed by atoms with Gasteiger partial charge >= 0.3 is 0 Å². The van der Waals surface area contributed by atoms with Crippen molar-refractivity contribution in [3.8, 4) is 0 Å². The molecule has 3 aromatic carbocycles. The van der Waals surface area contributed by atoms with Crippen LogP contribution in [0.15, 0.2) is 78.9 Å². The number of carbonyl (C=O) groups excluding carboxylic acids is 2. The van der Waals surface area contributed by atoms with Crippen molar-refractivity contribution >= 4 is 28.4 Å². The van der Waals surface area contributed by atoms with Gasteiger partial charge in [-0.25, -0.2) is 0 Å². The number of hydrogen-bond donors (Lipinski definition) is 2. The Morgan fingerprint density at radius 2 is 1.70 bits per heavy atom. The van der Waals surface area contributed by atoms with E-state index in [0.29, 0.717) is 18.8 Å². The topological polar surface area (TPSA) is 63.1 Å². The van der Waals surface area contributed by atoms with E-state index >= 15 is 0 Å². The summed E-state index contributed by atoms with van der Waals surface area (Å²) in [5, 5.41) is 6.99. The van der Waals surface area contributed by atoms with Crippen molar-refractivity contribution in [1.82, 2.24) is 9.88 Å². The van der Waals surface area contributed by atoms with Crippen molar-refractivity contribution in [3.05, 3.63) is 101 Å². The zero-order chi connectivity index (χ0) is 22.8. The second-order valence-corrected chi connectivity index (χ2v) is 8.81. The van der Waals surface area contributed by atoms with Gasteiger partial charge in [-0.3, -0.25) is 9.59 Å². The van der Waals surface area contributed by atoms with Crippen LogP contribution in [-0.2, 0) is 17.9 Å². The molecule has 1 saturated carbocycles. The van der Waals surface area contributed by atoms with Crippen LogP contribution < -0.4 is 10.6 Å². The molecule has 5 heteroatoms. The number of benzene rings is 3. The monoisotopic (exact) mass is 437 g/mol. The summed E-state index contributed by atoms with van der Waals surface area (Å²) in [6.45, 7) is 3.13. The first-order chi connectivity index (χ1) is 16.1. The lowest BCUT2D eigenvalue weighted by Gasteiger charge is -2.12. The molecule has 2 N–H and O–H groups in total. The van der Waals surface area contributed by atoms with Gasteiger partial charge in [0.15, 0.2) is 0 Å². The molecule has 0 unspecified atom stereocenters. The van der Waals surface area contributed by atoms with Gasteiger partial charge < -0.3 is 15.2 Å². The molecule has 0 bridgehead atoms. The highest BCUT2D eigenvalue weighted by Gasteiger charge is 2.29. The average molecular weight is 438 g/mol. The second kappa shape index (κ2) is 8.94. The Hall–Kier alpha value is -3.86. The normalized spacial score (nSPS) is 13.1. The average Bonchev–Trinajstić information content (AvgIpc) is 3.61. The summed E-state index contributed by atoms with van der Waals surface area (Å²) in [5.74, 6) is 0.103. The quantitative estimate of drug-likeness (QED) is 0.413. The number of fused-ring (bicyclic) bond motifs is 1. The fourth-order valence-corrected chi connectivity index (χ4v) is 4.16. The van der Waals surface area contributed by atoms with Gasteiger partial charge in [0.25, 0.3) is 5.91 Å². The molecule has 2 amide bonds. The number of anilines is 1. The maximum absolute atomic E-state index is 13.2. The third-order valence-electron chi connectivity index (χ3n) is 6.07. The largest absolute Gasteiger partial charge is 0.347 e. The molecular weight excluding hydrogens is 410 g/mol. The van der Waals surface area contributed by atoms with Crippen LogP contribution >= 0.6 is 0 Å². The molecule has 1 heterocycles. The molecule has 166 valence electrons. The standard InChI is InChI=1S/C28H27N3O2/c1-19-6-5-9-21(14-19)18-31-25-13-12-24(30-27(32)22-10-11-22)15-23(25)16-26(31)28(33)29-17-20-7-3-2-4-8-20/h2-9,12-16,22H,10-11,17-18H2,1H3,(H,29,33)(H,30,32). The molecule has 0 saturated heterocycles. The first-order valence-electron chi connectivity index (χ1n) is 11.4. The molecule has 0 aliphatic heterocycles. The Balaban J connectivity index is 1.47. The predicted octanol–water partition coefficient (Wildman–Crippen LogP) is 5.28. The van der Waals surface area contributed by atoms with E-state index in [9.17, 15) is 9.59 Å². The van der Waals surface area contributed by atoms with Gasteiger partial charge in [0.2, 0.25) is 5.91 Å². The van der Waals surface area contributed by atoms with E-state index in [2.05, 4.69) is 40.3 Å². The molecule has 1 aliphatic rings. The molecule has 4 aromatic rings. The summed E-state index contributed by atoms with van der Waals surface area (Å²) in [6, 6.07) is 26.0. The number of nitrogens with one attached hydrogen (secondary N) is 2. The first-order valence-corrected chi connectivity index (χ1v) is 11.4. The highest BCUT2D eigenvalue weighted by molar-refractivity contribution is 6.01. The highest BCUT2D eigenvalue weighted by atomic mass is 16.2. The Morgan fingerprint density at radius 1 is 0.909 bits per heavy atom. The van der Waals surface area contributed by atoms with Crippen LogP contribution in [0.2, 0.25) is 0 Å². The van der Waals surface area contributed by atoms with E-state index in [4.69, 9.17) is 0 Å². The SMILES string of the molecule is Cc1cccc(Cn2c(C(=O)NCc3ccccc3)cc3cc(NC(=O)C4CC4)ccc32)c1. The maximum Gasteiger partial charge on any atom is 0.268 e. The number of amides is 2. The van der Waals surface area contributed by atoms with Gasteiger partial charge in [-0.1, -0.05) is 60.2 Å². The maximum atomic E-state index is 13.2. The van der Waals surface area contributed by atoms with Crippen molar-refractivity contribution in [3.63, 3.8) is 0 Å². The van der Waals surface area contributed by atoms with Crippen LogP contribution in [0.25, 0.3) is 10.9 Å². The molecule has 1 aliphatic carbocycles. The summed E-state index contributed by atoms with van der Waals surface area (Å²) in [5.41, 5.74) is 5.71. The van der Waals surface area contributed by atoms with Crippen LogP contribution in [-0.4, -0.2) is 16.4 Å². The van der Waals surface area contributed by atoms with Gasteiger partial charge in [0.1, 0.15) is 5.69 Å². The Kier molecular flexibility index (Phi) is 5.69. The summed E-state index contributed by atoms with van der Waals surface area (Å²) in [4.78, 5) is 25.4. The van der Waals surface area contributed by atoms with Crippen molar-refractivity contribution < 1.29 is 9.59 Å². The lowest BCUT2D eigenvalue weighted by molar-refractivity contribution is -0.117. The third kappa shape index (κ3) is 4.82. The third-order valence-corrected chi connectivity index (χ3v) is 6.07. The summed E-state index contributed by atoms with van der Waals surface area (Å²) in [7, 11) is 0. The summed E-state index contributed by atoms with van der Waals surface area (Å²) < 4.78 is 2.05. The minimum atomic E-state index is -0.119. The van der Waals surface area contributed by atoms with Crippen LogP contribution in [0.3, 0.4) is 0 Å². The number of hydrogen-bond acceptors (Lipinski definition) is 2. The zero-order valence-electron chi connectivity index (χ0n) is 18.7. The number of aromatic nitrogens is 1. The smallest absolute Gasteiger partial charge is 0.268 e. The minimum Gasteiger partial charge on any atom is -0.347 e. The van der Waals surface area contributed by atoms with Crippen molar-refractivity contribution in [2.45, 2.75) is 32.9 Å². The molecule has 33 heavy (non-hydrogen) atoms. The zero-order valence-corrected chi connectivity index (χ0v) is 18.7. The van der Waals surface area contributed by atoms with Crippen LogP contribution in [0.1, 0.15) is 40.0 Å². The second-order valence-electron chi connectivity index (χ2n) is 8.81. The van der Waals surface area contributed by atoms with Gasteiger partial charge in [-0.05, 0) is 55.2 Å². The molecule has 0 radical (unpaired) electrons. The molecule has 1 fully saturated rings. The van der Waals surface area contributed by atoms with E-state index in [1.807, 2.05) is 60.7 Å². The van der Waals surface area contributed by atoms with Crippen LogP contribution in [0.4, 0.5) is 5.69 Å². The fraction of sp³-hybridized carbons (Fsp3) is 0.214. The van der Waals surface area contributed by atoms with Crippen molar-refractivity contribution in [2.75, 3.05) is 5.32 Å². The van der Waals surface area contributed by atoms with E-state index in [0.717, 1.165) is 40.6 Å². The molecular formula is C28H27N3O2. The number of aryl methyl sites for hydroxylation is 1. The Bertz CT molecular complexity index is 1320. The summed E-state index contributed by atoms with van der Waals surface area (Å²) in [6.07, 6.45) is 1.93. The van der Waals surface area contributed by atoms with Gasteiger partial charge in [-0.2, -0.15) is 0 Å². The van der Waals surface area contributed by atoms with E-state index in [1.165, 1.54) is 5.56 Å². The lowest BCUT2D eigenvalue weighted by atomic mass is 10.1. The number of nitrogens with zero attached hydrogens (tertiary/aromatic N) is 1. The van der Waals surface area contributed by atoms with Gasteiger partial charge in [0, 0.05) is 35.6 Å². The minimum absolute atomic E-state index is 0.0781. The van der Waals surface area contributed by atoms with Gasteiger partial charge in [0.05, 0.1) is 0 Å². The molecule has 1 aromatic heterocycles. The Morgan fingerprint density at radius 3 is 2.45 bits per heavy atom. The molecule has 5 rings (SSSR count).